The second-order valence-electron chi connectivity index (χ2n) is 5.44. The molecule has 9 heteroatoms. The van der Waals surface area contributed by atoms with Gasteiger partial charge in [0.05, 0.1) is 6.61 Å². The Bertz CT molecular complexity index is 846. The Hall–Kier alpha value is -2.55. The molecule has 7 nitrogen and oxygen atoms in total. The van der Waals surface area contributed by atoms with Crippen molar-refractivity contribution in [1.29, 1.82) is 0 Å². The largest absolute Gasteiger partial charge is 0.494 e. The summed E-state index contributed by atoms with van der Waals surface area (Å²) >= 11 is 1.44. The predicted octanol–water partition coefficient (Wildman–Crippen LogP) is 2.15. The van der Waals surface area contributed by atoms with Gasteiger partial charge in [0.2, 0.25) is 10.9 Å². The highest BCUT2D eigenvalue weighted by Gasteiger charge is 2.10. The molecule has 1 amide bonds. The molecule has 0 aliphatic heterocycles. The molecule has 0 aliphatic carbocycles. The Morgan fingerprint density at radius 1 is 1.32 bits per heavy atom. The molecule has 132 valence electrons. The van der Waals surface area contributed by atoms with E-state index in [-0.39, 0.29) is 11.7 Å². The Labute approximate surface area is 147 Å². The van der Waals surface area contributed by atoms with Crippen molar-refractivity contribution in [3.8, 4) is 5.75 Å². The summed E-state index contributed by atoms with van der Waals surface area (Å²) in [5.74, 6) is 1.04. The number of fused-ring (bicyclic) bond motifs is 1. The molecule has 1 aromatic carbocycles. The molecular weight excluding hydrogens is 345 g/mol. The van der Waals surface area contributed by atoms with Gasteiger partial charge >= 0.3 is 0 Å². The number of aromatic nitrogens is 4. The van der Waals surface area contributed by atoms with E-state index in [4.69, 9.17) is 4.74 Å². The SMILES string of the molecule is Cc1nnc2sc(CCC(=O)NCCCOc3ccc(F)cc3)nn12. The van der Waals surface area contributed by atoms with Crippen LogP contribution in [0, 0.1) is 12.7 Å². The first-order chi connectivity index (χ1) is 12.1. The molecule has 0 atom stereocenters. The van der Waals surface area contributed by atoms with Gasteiger partial charge in [0, 0.05) is 19.4 Å². The summed E-state index contributed by atoms with van der Waals surface area (Å²) in [6.07, 6.45) is 1.63. The Morgan fingerprint density at radius 2 is 2.12 bits per heavy atom. The standard InChI is InChI=1S/C16H18FN5O2S/c1-11-19-20-16-22(11)21-15(25-16)8-7-14(23)18-9-2-10-24-13-5-3-12(17)4-6-13/h3-6H,2,7-10H2,1H3,(H,18,23). The smallest absolute Gasteiger partial charge is 0.234 e. The number of carbonyl (C=O) groups excluding carboxylic acids is 1. The van der Waals surface area contributed by atoms with Crippen LogP contribution in [0.15, 0.2) is 24.3 Å². The second kappa shape index (κ2) is 8.02. The molecule has 1 N–H and O–H groups in total. The van der Waals surface area contributed by atoms with Crippen molar-refractivity contribution in [1.82, 2.24) is 25.1 Å². The summed E-state index contributed by atoms with van der Waals surface area (Å²) in [7, 11) is 0. The van der Waals surface area contributed by atoms with Crippen LogP contribution in [0.2, 0.25) is 0 Å². The van der Waals surface area contributed by atoms with E-state index in [0.717, 1.165) is 15.8 Å². The summed E-state index contributed by atoms with van der Waals surface area (Å²) in [4.78, 5) is 12.6. The zero-order valence-corrected chi connectivity index (χ0v) is 14.6. The monoisotopic (exact) mass is 363 g/mol. The number of carbonyl (C=O) groups is 1. The van der Waals surface area contributed by atoms with Crippen LogP contribution in [0.4, 0.5) is 4.39 Å². The summed E-state index contributed by atoms with van der Waals surface area (Å²) in [5, 5.41) is 16.0. The number of nitrogens with one attached hydrogen (secondary N) is 1. The number of hydrogen-bond donors (Lipinski definition) is 1. The van der Waals surface area contributed by atoms with E-state index in [1.165, 1.54) is 23.5 Å². The molecule has 2 heterocycles. The first-order valence-corrected chi connectivity index (χ1v) is 8.76. The Balaban J connectivity index is 1.32. The van der Waals surface area contributed by atoms with Crippen LogP contribution >= 0.6 is 11.3 Å². The van der Waals surface area contributed by atoms with Crippen molar-refractivity contribution in [3.05, 3.63) is 40.9 Å². The number of aryl methyl sites for hydroxylation is 2. The molecular formula is C16H18FN5O2S. The van der Waals surface area contributed by atoms with Gasteiger partial charge in [-0.2, -0.15) is 9.61 Å². The number of halogens is 1. The minimum absolute atomic E-state index is 0.0236. The first kappa shape index (κ1) is 17.3. The van der Waals surface area contributed by atoms with Crippen LogP contribution < -0.4 is 10.1 Å². The summed E-state index contributed by atoms with van der Waals surface area (Å²) in [6, 6.07) is 5.86. The highest BCUT2D eigenvalue weighted by Crippen LogP contribution is 2.15. The maximum Gasteiger partial charge on any atom is 0.234 e. The number of ether oxygens (including phenoxy) is 1. The predicted molar refractivity (Wildman–Crippen MR) is 91.2 cm³/mol. The second-order valence-corrected chi connectivity index (χ2v) is 6.48. The quantitative estimate of drug-likeness (QED) is 0.620. The first-order valence-electron chi connectivity index (χ1n) is 7.94. The van der Waals surface area contributed by atoms with Gasteiger partial charge in [0.15, 0.2) is 5.82 Å². The number of amides is 1. The zero-order chi connectivity index (χ0) is 17.6. The highest BCUT2D eigenvalue weighted by atomic mass is 32.1. The van der Waals surface area contributed by atoms with Crippen LogP contribution in [-0.2, 0) is 11.2 Å². The average Bonchev–Trinajstić information content (AvgIpc) is 3.16. The van der Waals surface area contributed by atoms with E-state index in [1.54, 1.807) is 16.6 Å². The van der Waals surface area contributed by atoms with Crippen molar-refractivity contribution < 1.29 is 13.9 Å². The topological polar surface area (TPSA) is 81.4 Å². The van der Waals surface area contributed by atoms with Gasteiger partial charge in [-0.05, 0) is 37.6 Å². The van der Waals surface area contributed by atoms with Crippen molar-refractivity contribution in [2.75, 3.05) is 13.2 Å². The van der Waals surface area contributed by atoms with Gasteiger partial charge in [-0.15, -0.1) is 10.2 Å². The molecule has 0 saturated carbocycles. The molecule has 3 aromatic rings. The minimum Gasteiger partial charge on any atom is -0.494 e. The third-order valence-electron chi connectivity index (χ3n) is 3.48. The highest BCUT2D eigenvalue weighted by molar-refractivity contribution is 7.16. The van der Waals surface area contributed by atoms with Gasteiger partial charge in [0.1, 0.15) is 16.6 Å². The average molecular weight is 363 g/mol. The maximum atomic E-state index is 12.8. The summed E-state index contributed by atoms with van der Waals surface area (Å²) < 4.78 is 19.9. The maximum absolute atomic E-state index is 12.8. The van der Waals surface area contributed by atoms with Crippen molar-refractivity contribution in [2.24, 2.45) is 0 Å². The Kier molecular flexibility index (Phi) is 5.54. The van der Waals surface area contributed by atoms with Gasteiger partial charge < -0.3 is 10.1 Å². The third-order valence-corrected chi connectivity index (χ3v) is 4.44. The van der Waals surface area contributed by atoms with Crippen molar-refractivity contribution >= 4 is 22.2 Å². The Morgan fingerprint density at radius 3 is 2.88 bits per heavy atom. The molecule has 3 rings (SSSR count). The molecule has 0 spiro atoms. The van der Waals surface area contributed by atoms with E-state index in [9.17, 15) is 9.18 Å². The van der Waals surface area contributed by atoms with Crippen LogP contribution in [0.25, 0.3) is 4.96 Å². The lowest BCUT2D eigenvalue weighted by molar-refractivity contribution is -0.121. The summed E-state index contributed by atoms with van der Waals surface area (Å²) in [5.41, 5.74) is 0. The number of rotatable bonds is 8. The van der Waals surface area contributed by atoms with Crippen LogP contribution in [0.3, 0.4) is 0 Å². The van der Waals surface area contributed by atoms with E-state index in [2.05, 4.69) is 20.6 Å². The lowest BCUT2D eigenvalue weighted by Gasteiger charge is -2.07. The molecule has 0 unspecified atom stereocenters. The number of hydrogen-bond acceptors (Lipinski definition) is 6. The van der Waals surface area contributed by atoms with Crippen LogP contribution in [-0.4, -0.2) is 38.9 Å². The lowest BCUT2D eigenvalue weighted by Crippen LogP contribution is -2.25. The fourth-order valence-electron chi connectivity index (χ4n) is 2.19. The van der Waals surface area contributed by atoms with E-state index < -0.39 is 0 Å². The van der Waals surface area contributed by atoms with E-state index in [1.807, 2.05) is 6.92 Å². The van der Waals surface area contributed by atoms with Gasteiger partial charge in [-0.3, -0.25) is 4.79 Å². The van der Waals surface area contributed by atoms with Gasteiger partial charge in [0.25, 0.3) is 0 Å². The summed E-state index contributed by atoms with van der Waals surface area (Å²) in [6.45, 7) is 2.83. The fourth-order valence-corrected chi connectivity index (χ4v) is 3.06. The van der Waals surface area contributed by atoms with Gasteiger partial charge in [-0.1, -0.05) is 11.3 Å². The molecule has 0 fully saturated rings. The van der Waals surface area contributed by atoms with Crippen molar-refractivity contribution in [3.63, 3.8) is 0 Å². The van der Waals surface area contributed by atoms with E-state index in [0.29, 0.717) is 38.2 Å². The third kappa shape index (κ3) is 4.72. The molecule has 25 heavy (non-hydrogen) atoms. The van der Waals surface area contributed by atoms with Crippen LogP contribution in [0.5, 0.6) is 5.75 Å². The number of benzene rings is 1. The number of nitrogens with zero attached hydrogens (tertiary/aromatic N) is 4. The molecule has 0 aliphatic rings. The van der Waals surface area contributed by atoms with Crippen LogP contribution in [0.1, 0.15) is 23.7 Å². The normalized spacial score (nSPS) is 11.0. The van der Waals surface area contributed by atoms with Gasteiger partial charge in [-0.25, -0.2) is 4.39 Å². The minimum atomic E-state index is -0.292. The molecule has 0 saturated heterocycles. The zero-order valence-electron chi connectivity index (χ0n) is 13.7. The molecule has 0 radical (unpaired) electrons. The fraction of sp³-hybridized carbons (Fsp3) is 0.375. The van der Waals surface area contributed by atoms with Crippen molar-refractivity contribution in [2.45, 2.75) is 26.2 Å². The molecule has 0 bridgehead atoms. The van der Waals surface area contributed by atoms with E-state index >= 15 is 0 Å². The lowest BCUT2D eigenvalue weighted by atomic mass is 10.3. The molecule has 2 aromatic heterocycles.